The summed E-state index contributed by atoms with van der Waals surface area (Å²) in [4.78, 5) is 0. The maximum atomic E-state index is 6.02. The highest BCUT2D eigenvalue weighted by Gasteiger charge is 2.07. The Kier molecular flexibility index (Phi) is 4.18. The van der Waals surface area contributed by atoms with E-state index in [9.17, 15) is 0 Å². The lowest BCUT2D eigenvalue weighted by Gasteiger charge is -2.13. The van der Waals surface area contributed by atoms with E-state index in [1.165, 1.54) is 16.3 Å². The molecule has 0 amide bonds. The minimum absolute atomic E-state index is 0.0202. The summed E-state index contributed by atoms with van der Waals surface area (Å²) in [6.07, 6.45) is 0.804. The number of nitrogens with two attached hydrogens (primary N) is 1. The molecule has 2 rings (SSSR count). The average molecular weight is 245 g/mol. The van der Waals surface area contributed by atoms with Gasteiger partial charge in [0.1, 0.15) is 5.75 Å². The molecule has 0 aromatic heterocycles. The molecule has 0 aliphatic heterocycles. The Labute approximate surface area is 108 Å². The van der Waals surface area contributed by atoms with Crippen molar-refractivity contribution in [3.63, 3.8) is 0 Å². The molecule has 0 saturated heterocycles. The second kappa shape index (κ2) is 5.85. The number of hydrogen-bond donors (Lipinski definition) is 1. The molecule has 2 aromatic rings. The SMILES string of the molecule is COCC(N)Cc1cccc2ccc(OC)cc12. The smallest absolute Gasteiger partial charge is 0.119 e. The topological polar surface area (TPSA) is 44.5 Å². The number of rotatable bonds is 5. The highest BCUT2D eigenvalue weighted by molar-refractivity contribution is 5.87. The molecule has 0 spiro atoms. The van der Waals surface area contributed by atoms with Gasteiger partial charge in [-0.1, -0.05) is 24.3 Å². The van der Waals surface area contributed by atoms with Crippen LogP contribution in [0, 0.1) is 0 Å². The molecule has 2 aromatic carbocycles. The van der Waals surface area contributed by atoms with Crippen LogP contribution >= 0.6 is 0 Å². The minimum atomic E-state index is 0.0202. The molecule has 0 aliphatic carbocycles. The molecule has 18 heavy (non-hydrogen) atoms. The largest absolute Gasteiger partial charge is 0.497 e. The van der Waals surface area contributed by atoms with Gasteiger partial charge in [0, 0.05) is 13.2 Å². The van der Waals surface area contributed by atoms with E-state index in [-0.39, 0.29) is 6.04 Å². The van der Waals surface area contributed by atoms with Crippen molar-refractivity contribution in [3.8, 4) is 5.75 Å². The Morgan fingerprint density at radius 2 is 2.00 bits per heavy atom. The van der Waals surface area contributed by atoms with Gasteiger partial charge in [-0.25, -0.2) is 0 Å². The van der Waals surface area contributed by atoms with Crippen molar-refractivity contribution in [2.24, 2.45) is 5.73 Å². The minimum Gasteiger partial charge on any atom is -0.497 e. The number of ether oxygens (including phenoxy) is 2. The molecule has 3 nitrogen and oxygen atoms in total. The fourth-order valence-electron chi connectivity index (χ4n) is 2.18. The third-order valence-corrected chi connectivity index (χ3v) is 3.04. The highest BCUT2D eigenvalue weighted by atomic mass is 16.5. The number of benzene rings is 2. The van der Waals surface area contributed by atoms with Crippen LogP contribution in [0.4, 0.5) is 0 Å². The Morgan fingerprint density at radius 1 is 1.17 bits per heavy atom. The lowest BCUT2D eigenvalue weighted by atomic mass is 9.99. The zero-order valence-electron chi connectivity index (χ0n) is 10.8. The molecule has 0 aliphatic rings. The lowest BCUT2D eigenvalue weighted by Crippen LogP contribution is -2.28. The van der Waals surface area contributed by atoms with Crippen LogP contribution in [-0.2, 0) is 11.2 Å². The molecule has 1 unspecified atom stereocenters. The third kappa shape index (κ3) is 2.81. The van der Waals surface area contributed by atoms with Gasteiger partial charge in [0.25, 0.3) is 0 Å². The predicted octanol–water partition coefficient (Wildman–Crippen LogP) is 2.36. The van der Waals surface area contributed by atoms with Gasteiger partial charge >= 0.3 is 0 Å². The van der Waals surface area contributed by atoms with E-state index in [0.29, 0.717) is 6.61 Å². The summed E-state index contributed by atoms with van der Waals surface area (Å²) in [5.74, 6) is 0.871. The summed E-state index contributed by atoms with van der Waals surface area (Å²) < 4.78 is 10.4. The zero-order valence-corrected chi connectivity index (χ0v) is 10.8. The second-order valence-corrected chi connectivity index (χ2v) is 4.42. The van der Waals surface area contributed by atoms with Crippen molar-refractivity contribution in [2.45, 2.75) is 12.5 Å². The van der Waals surface area contributed by atoms with Crippen LogP contribution in [0.1, 0.15) is 5.56 Å². The first-order chi connectivity index (χ1) is 8.74. The molecule has 1 atom stereocenters. The van der Waals surface area contributed by atoms with Gasteiger partial charge < -0.3 is 15.2 Å². The molecule has 2 N–H and O–H groups in total. The molecule has 0 fully saturated rings. The number of hydrogen-bond acceptors (Lipinski definition) is 3. The maximum Gasteiger partial charge on any atom is 0.119 e. The van der Waals surface area contributed by atoms with E-state index >= 15 is 0 Å². The fraction of sp³-hybridized carbons (Fsp3) is 0.333. The first kappa shape index (κ1) is 12.9. The van der Waals surface area contributed by atoms with Gasteiger partial charge in [-0.2, -0.15) is 0 Å². The second-order valence-electron chi connectivity index (χ2n) is 4.42. The first-order valence-electron chi connectivity index (χ1n) is 6.04. The normalized spacial score (nSPS) is 12.6. The molecule has 96 valence electrons. The predicted molar refractivity (Wildman–Crippen MR) is 74.1 cm³/mol. The van der Waals surface area contributed by atoms with Crippen LogP contribution in [-0.4, -0.2) is 26.9 Å². The van der Waals surface area contributed by atoms with E-state index in [1.54, 1.807) is 14.2 Å². The van der Waals surface area contributed by atoms with Gasteiger partial charge in [-0.3, -0.25) is 0 Å². The monoisotopic (exact) mass is 245 g/mol. The first-order valence-corrected chi connectivity index (χ1v) is 6.04. The summed E-state index contributed by atoms with van der Waals surface area (Å²) in [5, 5.41) is 2.40. The van der Waals surface area contributed by atoms with Crippen LogP contribution in [0.25, 0.3) is 10.8 Å². The highest BCUT2D eigenvalue weighted by Crippen LogP contribution is 2.24. The van der Waals surface area contributed by atoms with Crippen LogP contribution in [0.3, 0.4) is 0 Å². The Hall–Kier alpha value is -1.58. The van der Waals surface area contributed by atoms with E-state index in [4.69, 9.17) is 15.2 Å². The Balaban J connectivity index is 2.36. The van der Waals surface area contributed by atoms with Crippen LogP contribution < -0.4 is 10.5 Å². The van der Waals surface area contributed by atoms with Crippen LogP contribution in [0.5, 0.6) is 5.75 Å². The summed E-state index contributed by atoms with van der Waals surface area (Å²) in [6.45, 7) is 0.570. The van der Waals surface area contributed by atoms with Crippen molar-refractivity contribution < 1.29 is 9.47 Å². The summed E-state index contributed by atoms with van der Waals surface area (Å²) >= 11 is 0. The van der Waals surface area contributed by atoms with E-state index in [2.05, 4.69) is 30.3 Å². The Morgan fingerprint density at radius 3 is 2.72 bits per heavy atom. The standard InChI is InChI=1S/C15H19NO2/c1-17-10-13(16)8-12-5-3-4-11-6-7-14(18-2)9-15(11)12/h3-7,9,13H,8,10,16H2,1-2H3. The average Bonchev–Trinajstić information content (AvgIpc) is 2.39. The van der Waals surface area contributed by atoms with Gasteiger partial charge in [-0.15, -0.1) is 0 Å². The lowest BCUT2D eigenvalue weighted by molar-refractivity contribution is 0.180. The molecule has 0 radical (unpaired) electrons. The van der Waals surface area contributed by atoms with Crippen molar-refractivity contribution >= 4 is 10.8 Å². The van der Waals surface area contributed by atoms with Crippen molar-refractivity contribution in [1.82, 2.24) is 0 Å². The third-order valence-electron chi connectivity index (χ3n) is 3.04. The van der Waals surface area contributed by atoms with E-state index in [1.807, 2.05) is 6.07 Å². The van der Waals surface area contributed by atoms with Crippen molar-refractivity contribution in [1.29, 1.82) is 0 Å². The van der Waals surface area contributed by atoms with Gasteiger partial charge in [0.05, 0.1) is 13.7 Å². The number of fused-ring (bicyclic) bond motifs is 1. The van der Waals surface area contributed by atoms with Crippen molar-refractivity contribution in [2.75, 3.05) is 20.8 Å². The van der Waals surface area contributed by atoms with E-state index < -0.39 is 0 Å². The Bertz CT molecular complexity index is 525. The summed E-state index contributed by atoms with van der Waals surface area (Å²) in [7, 11) is 3.35. The molecule has 0 heterocycles. The van der Waals surface area contributed by atoms with Crippen molar-refractivity contribution in [3.05, 3.63) is 42.0 Å². The van der Waals surface area contributed by atoms with E-state index in [0.717, 1.165) is 12.2 Å². The van der Waals surface area contributed by atoms with Crippen LogP contribution in [0.2, 0.25) is 0 Å². The quantitative estimate of drug-likeness (QED) is 0.879. The molecule has 0 saturated carbocycles. The molecular weight excluding hydrogens is 226 g/mol. The summed E-state index contributed by atoms with van der Waals surface area (Å²) in [6, 6.07) is 12.4. The van der Waals surface area contributed by atoms with Gasteiger partial charge in [0.15, 0.2) is 0 Å². The maximum absolute atomic E-state index is 6.02. The van der Waals surface area contributed by atoms with Crippen LogP contribution in [0.15, 0.2) is 36.4 Å². The zero-order chi connectivity index (χ0) is 13.0. The van der Waals surface area contributed by atoms with Gasteiger partial charge in [0.2, 0.25) is 0 Å². The summed E-state index contributed by atoms with van der Waals surface area (Å²) in [5.41, 5.74) is 7.25. The molecule has 0 bridgehead atoms. The molecular formula is C15H19NO2. The fourth-order valence-corrected chi connectivity index (χ4v) is 2.18. The molecule has 3 heteroatoms. The number of methoxy groups -OCH3 is 2. The van der Waals surface area contributed by atoms with Gasteiger partial charge in [-0.05, 0) is 34.9 Å².